The standard InChI is InChI=1S/C14H19N3S/c1-3-9-15-10-13-14(16-17-18-13)12-7-5-11(4-2)6-8-12/h5-8,15H,3-4,9-10H2,1-2H3. The van der Waals surface area contributed by atoms with Crippen LogP contribution in [0, 0.1) is 0 Å². The second-order valence-electron chi connectivity index (χ2n) is 4.27. The number of aryl methyl sites for hydroxylation is 1. The van der Waals surface area contributed by atoms with Crippen LogP contribution in [0.4, 0.5) is 0 Å². The van der Waals surface area contributed by atoms with Crippen LogP contribution in [0.15, 0.2) is 24.3 Å². The van der Waals surface area contributed by atoms with Gasteiger partial charge in [-0.2, -0.15) is 0 Å². The van der Waals surface area contributed by atoms with Gasteiger partial charge in [-0.1, -0.05) is 42.6 Å². The molecule has 0 atom stereocenters. The van der Waals surface area contributed by atoms with Gasteiger partial charge in [-0.3, -0.25) is 0 Å². The molecule has 0 saturated carbocycles. The van der Waals surface area contributed by atoms with E-state index in [1.165, 1.54) is 22.0 Å². The lowest BCUT2D eigenvalue weighted by Gasteiger charge is -2.03. The van der Waals surface area contributed by atoms with E-state index in [0.29, 0.717) is 0 Å². The van der Waals surface area contributed by atoms with E-state index in [0.717, 1.165) is 37.2 Å². The number of aromatic nitrogens is 2. The average Bonchev–Trinajstić information content (AvgIpc) is 2.88. The van der Waals surface area contributed by atoms with E-state index < -0.39 is 0 Å². The maximum Gasteiger partial charge on any atom is 0.110 e. The van der Waals surface area contributed by atoms with Crippen LogP contribution in [0.1, 0.15) is 30.7 Å². The molecular formula is C14H19N3S. The van der Waals surface area contributed by atoms with Crippen LogP contribution < -0.4 is 5.32 Å². The molecule has 0 radical (unpaired) electrons. The predicted molar refractivity (Wildman–Crippen MR) is 76.7 cm³/mol. The molecule has 1 N–H and O–H groups in total. The Kier molecular flexibility index (Phi) is 4.84. The first-order chi connectivity index (χ1) is 8.85. The molecule has 4 heteroatoms. The summed E-state index contributed by atoms with van der Waals surface area (Å²) in [4.78, 5) is 1.22. The molecule has 0 aliphatic rings. The van der Waals surface area contributed by atoms with Crippen molar-refractivity contribution in [1.82, 2.24) is 14.9 Å². The molecule has 3 nitrogen and oxygen atoms in total. The first-order valence-electron chi connectivity index (χ1n) is 6.46. The van der Waals surface area contributed by atoms with E-state index in [9.17, 15) is 0 Å². The Bertz CT molecular complexity index is 476. The van der Waals surface area contributed by atoms with Crippen molar-refractivity contribution in [1.29, 1.82) is 0 Å². The first kappa shape index (κ1) is 13.2. The molecule has 0 bridgehead atoms. The third kappa shape index (κ3) is 3.15. The van der Waals surface area contributed by atoms with Crippen molar-refractivity contribution < 1.29 is 0 Å². The van der Waals surface area contributed by atoms with Crippen molar-refractivity contribution in [3.8, 4) is 11.3 Å². The molecule has 2 rings (SSSR count). The van der Waals surface area contributed by atoms with E-state index in [-0.39, 0.29) is 0 Å². The molecule has 0 saturated heterocycles. The van der Waals surface area contributed by atoms with Gasteiger partial charge in [0.05, 0.1) is 4.88 Å². The SMILES string of the molecule is CCCNCc1snnc1-c1ccc(CC)cc1. The number of hydrogen-bond acceptors (Lipinski definition) is 4. The summed E-state index contributed by atoms with van der Waals surface area (Å²) in [5, 5.41) is 7.65. The van der Waals surface area contributed by atoms with Gasteiger partial charge in [-0.15, -0.1) is 5.10 Å². The van der Waals surface area contributed by atoms with Gasteiger partial charge in [0.2, 0.25) is 0 Å². The summed E-state index contributed by atoms with van der Waals surface area (Å²) in [6.07, 6.45) is 2.22. The summed E-state index contributed by atoms with van der Waals surface area (Å²) < 4.78 is 4.07. The minimum Gasteiger partial charge on any atom is -0.312 e. The molecule has 0 unspecified atom stereocenters. The second kappa shape index (κ2) is 6.61. The highest BCUT2D eigenvalue weighted by atomic mass is 32.1. The third-order valence-electron chi connectivity index (χ3n) is 2.90. The fourth-order valence-electron chi connectivity index (χ4n) is 1.82. The van der Waals surface area contributed by atoms with E-state index in [4.69, 9.17) is 0 Å². The summed E-state index contributed by atoms with van der Waals surface area (Å²) in [6.45, 7) is 6.23. The number of nitrogens with one attached hydrogen (secondary N) is 1. The molecule has 0 fully saturated rings. The normalized spacial score (nSPS) is 10.8. The summed E-state index contributed by atoms with van der Waals surface area (Å²) >= 11 is 1.48. The van der Waals surface area contributed by atoms with Crippen LogP contribution in [-0.2, 0) is 13.0 Å². The van der Waals surface area contributed by atoms with Crippen molar-refractivity contribution in [2.75, 3.05) is 6.54 Å². The van der Waals surface area contributed by atoms with Gasteiger partial charge in [0.25, 0.3) is 0 Å². The molecule has 0 amide bonds. The van der Waals surface area contributed by atoms with Crippen LogP contribution in [-0.4, -0.2) is 16.1 Å². The summed E-state index contributed by atoms with van der Waals surface area (Å²) in [5.41, 5.74) is 3.54. The fraction of sp³-hybridized carbons (Fsp3) is 0.429. The van der Waals surface area contributed by atoms with Crippen molar-refractivity contribution in [2.45, 2.75) is 33.2 Å². The van der Waals surface area contributed by atoms with Crippen molar-refractivity contribution in [3.05, 3.63) is 34.7 Å². The second-order valence-corrected chi connectivity index (χ2v) is 5.11. The zero-order chi connectivity index (χ0) is 12.8. The average molecular weight is 261 g/mol. The topological polar surface area (TPSA) is 37.8 Å². The lowest BCUT2D eigenvalue weighted by atomic mass is 10.1. The summed E-state index contributed by atoms with van der Waals surface area (Å²) in [6, 6.07) is 8.60. The molecule has 0 spiro atoms. The highest BCUT2D eigenvalue weighted by Crippen LogP contribution is 2.24. The molecule has 0 aliphatic heterocycles. The van der Waals surface area contributed by atoms with Crippen molar-refractivity contribution in [2.24, 2.45) is 0 Å². The smallest absolute Gasteiger partial charge is 0.110 e. The largest absolute Gasteiger partial charge is 0.312 e. The first-order valence-corrected chi connectivity index (χ1v) is 7.23. The monoisotopic (exact) mass is 261 g/mol. The van der Waals surface area contributed by atoms with Crippen molar-refractivity contribution in [3.63, 3.8) is 0 Å². The van der Waals surface area contributed by atoms with Crippen molar-refractivity contribution >= 4 is 11.5 Å². The Morgan fingerprint density at radius 2 is 1.94 bits per heavy atom. The predicted octanol–water partition coefficient (Wildman–Crippen LogP) is 3.27. The highest BCUT2D eigenvalue weighted by molar-refractivity contribution is 7.05. The van der Waals surface area contributed by atoms with Gasteiger partial charge in [-0.25, -0.2) is 0 Å². The fourth-order valence-corrected chi connectivity index (χ4v) is 2.45. The van der Waals surface area contributed by atoms with E-state index in [1.54, 1.807) is 0 Å². The third-order valence-corrected chi connectivity index (χ3v) is 3.63. The Morgan fingerprint density at radius 3 is 2.61 bits per heavy atom. The van der Waals surface area contributed by atoms with Crippen LogP contribution in [0.25, 0.3) is 11.3 Å². The number of benzene rings is 1. The Balaban J connectivity index is 2.14. The molecule has 2 aromatic rings. The molecule has 0 aliphatic carbocycles. The quantitative estimate of drug-likeness (QED) is 0.811. The number of hydrogen-bond donors (Lipinski definition) is 1. The Hall–Kier alpha value is -1.26. The van der Waals surface area contributed by atoms with Crippen LogP contribution in [0.5, 0.6) is 0 Å². The van der Waals surface area contributed by atoms with Gasteiger partial charge >= 0.3 is 0 Å². The van der Waals surface area contributed by atoms with Crippen LogP contribution in [0.3, 0.4) is 0 Å². The van der Waals surface area contributed by atoms with Gasteiger partial charge in [0, 0.05) is 12.1 Å². The van der Waals surface area contributed by atoms with Gasteiger partial charge in [0.1, 0.15) is 5.69 Å². The lowest BCUT2D eigenvalue weighted by Crippen LogP contribution is -2.13. The van der Waals surface area contributed by atoms with Gasteiger partial charge < -0.3 is 5.32 Å². The molecular weight excluding hydrogens is 242 g/mol. The zero-order valence-corrected chi connectivity index (χ0v) is 11.8. The van der Waals surface area contributed by atoms with E-state index in [2.05, 4.69) is 53.0 Å². The molecule has 1 aromatic carbocycles. The Morgan fingerprint density at radius 1 is 1.17 bits per heavy atom. The molecule has 1 heterocycles. The van der Waals surface area contributed by atoms with Gasteiger partial charge in [0.15, 0.2) is 0 Å². The van der Waals surface area contributed by atoms with Crippen LogP contribution in [0.2, 0.25) is 0 Å². The Labute approximate surface area is 112 Å². The highest BCUT2D eigenvalue weighted by Gasteiger charge is 2.09. The minimum atomic E-state index is 0.858. The number of nitrogens with zero attached hydrogens (tertiary/aromatic N) is 2. The maximum atomic E-state index is 4.25. The minimum absolute atomic E-state index is 0.858. The summed E-state index contributed by atoms with van der Waals surface area (Å²) in [5.74, 6) is 0. The van der Waals surface area contributed by atoms with E-state index >= 15 is 0 Å². The molecule has 18 heavy (non-hydrogen) atoms. The molecule has 96 valence electrons. The molecule has 1 aromatic heterocycles. The zero-order valence-electron chi connectivity index (χ0n) is 10.9. The van der Waals surface area contributed by atoms with E-state index in [1.807, 2.05) is 0 Å². The van der Waals surface area contributed by atoms with Gasteiger partial charge in [-0.05, 0) is 36.5 Å². The lowest BCUT2D eigenvalue weighted by molar-refractivity contribution is 0.681. The van der Waals surface area contributed by atoms with Crippen LogP contribution >= 0.6 is 11.5 Å². The number of rotatable bonds is 6. The summed E-state index contributed by atoms with van der Waals surface area (Å²) in [7, 11) is 0. The maximum absolute atomic E-state index is 4.25.